The van der Waals surface area contributed by atoms with Gasteiger partial charge in [-0.2, -0.15) is 13.2 Å². The van der Waals surface area contributed by atoms with Gasteiger partial charge in [0.05, 0.1) is 6.42 Å². The molecule has 1 aromatic heterocycles. The van der Waals surface area contributed by atoms with Crippen LogP contribution in [0, 0.1) is 12.3 Å². The molecule has 0 saturated carbocycles. The van der Waals surface area contributed by atoms with E-state index < -0.39 is 29.9 Å². The topological polar surface area (TPSA) is 53.7 Å². The zero-order valence-corrected chi connectivity index (χ0v) is 12.8. The van der Waals surface area contributed by atoms with Crippen molar-refractivity contribution in [1.82, 2.24) is 4.90 Å². The zero-order valence-electron chi connectivity index (χ0n) is 12.8. The largest absolute Gasteiger partial charge is 0.463 e. The predicted molar refractivity (Wildman–Crippen MR) is 73.0 cm³/mol. The molecule has 7 heteroatoms. The number of furan rings is 1. The number of hydrogen-bond acceptors (Lipinski definition) is 3. The van der Waals surface area contributed by atoms with Gasteiger partial charge in [-0.1, -0.05) is 13.8 Å². The van der Waals surface area contributed by atoms with Crippen LogP contribution in [0.1, 0.15) is 38.2 Å². The van der Waals surface area contributed by atoms with Crippen molar-refractivity contribution in [2.75, 3.05) is 13.1 Å². The zero-order chi connectivity index (χ0) is 16.8. The molecule has 1 N–H and O–H groups in total. The Labute approximate surface area is 126 Å². The van der Waals surface area contributed by atoms with Crippen LogP contribution in [0.2, 0.25) is 0 Å². The molecule has 1 unspecified atom stereocenters. The molecule has 22 heavy (non-hydrogen) atoms. The van der Waals surface area contributed by atoms with Crippen molar-refractivity contribution in [3.8, 4) is 0 Å². The Morgan fingerprint density at radius 1 is 1.41 bits per heavy atom. The number of halogens is 3. The lowest BCUT2D eigenvalue weighted by Crippen LogP contribution is -2.46. The van der Waals surface area contributed by atoms with Crippen molar-refractivity contribution < 1.29 is 27.5 Å². The fourth-order valence-electron chi connectivity index (χ4n) is 2.64. The van der Waals surface area contributed by atoms with Crippen molar-refractivity contribution in [1.29, 1.82) is 0 Å². The van der Waals surface area contributed by atoms with Gasteiger partial charge in [-0.25, -0.2) is 0 Å². The monoisotopic (exact) mass is 319 g/mol. The van der Waals surface area contributed by atoms with Crippen LogP contribution in [0.15, 0.2) is 16.5 Å². The molecule has 1 amide bonds. The van der Waals surface area contributed by atoms with Crippen LogP contribution in [0.5, 0.6) is 0 Å². The molecule has 0 aromatic carbocycles. The minimum atomic E-state index is -5.00. The van der Waals surface area contributed by atoms with Crippen LogP contribution in [-0.4, -0.2) is 35.2 Å². The van der Waals surface area contributed by atoms with Gasteiger partial charge in [0.15, 0.2) is 0 Å². The minimum absolute atomic E-state index is 0.118. The first-order chi connectivity index (χ1) is 9.95. The first-order valence-electron chi connectivity index (χ1n) is 7.08. The lowest BCUT2D eigenvalue weighted by atomic mass is 9.93. The van der Waals surface area contributed by atoms with Crippen LogP contribution in [0.25, 0.3) is 0 Å². The second-order valence-corrected chi connectivity index (χ2v) is 6.67. The number of alkyl halides is 3. The van der Waals surface area contributed by atoms with Gasteiger partial charge in [-0.3, -0.25) is 4.79 Å². The molecule has 1 saturated heterocycles. The number of hydrogen-bond donors (Lipinski definition) is 1. The number of aliphatic hydroxyl groups is 1. The number of carbonyl (C=O) groups excluding carboxylic acids is 1. The maximum atomic E-state index is 13.3. The molecule has 2 rings (SSSR count). The smallest absolute Gasteiger partial charge is 0.425 e. The van der Waals surface area contributed by atoms with E-state index in [0.29, 0.717) is 13.1 Å². The van der Waals surface area contributed by atoms with E-state index >= 15 is 0 Å². The average Bonchev–Trinajstić information content (AvgIpc) is 2.94. The summed E-state index contributed by atoms with van der Waals surface area (Å²) in [6.45, 7) is 6.16. The fraction of sp³-hybridized carbons (Fsp3) is 0.667. The van der Waals surface area contributed by atoms with Gasteiger partial charge in [0.1, 0.15) is 11.5 Å². The Morgan fingerprint density at radius 3 is 2.45 bits per heavy atom. The molecule has 124 valence electrons. The van der Waals surface area contributed by atoms with Gasteiger partial charge in [-0.05, 0) is 30.9 Å². The third kappa shape index (κ3) is 3.14. The van der Waals surface area contributed by atoms with E-state index in [2.05, 4.69) is 0 Å². The van der Waals surface area contributed by atoms with E-state index in [9.17, 15) is 23.1 Å². The molecule has 1 aliphatic rings. The number of aryl methyl sites for hydroxylation is 1. The lowest BCUT2D eigenvalue weighted by molar-refractivity contribution is -0.274. The van der Waals surface area contributed by atoms with Gasteiger partial charge in [-0.15, -0.1) is 0 Å². The lowest BCUT2D eigenvalue weighted by Gasteiger charge is -2.30. The SMILES string of the molecule is Cc1ccc(C(O)(CC(=O)N2CCC(C)(C)C2)C(F)(F)F)o1. The first-order valence-corrected chi connectivity index (χ1v) is 7.08. The third-order valence-electron chi connectivity index (χ3n) is 4.05. The highest BCUT2D eigenvalue weighted by atomic mass is 19.4. The molecule has 0 spiro atoms. The summed E-state index contributed by atoms with van der Waals surface area (Å²) < 4.78 is 44.9. The minimum Gasteiger partial charge on any atom is -0.463 e. The van der Waals surface area contributed by atoms with Crippen molar-refractivity contribution in [3.63, 3.8) is 0 Å². The molecule has 1 atom stereocenters. The summed E-state index contributed by atoms with van der Waals surface area (Å²) in [4.78, 5) is 13.6. The highest BCUT2D eigenvalue weighted by Crippen LogP contribution is 2.43. The summed E-state index contributed by atoms with van der Waals surface area (Å²) in [6, 6.07) is 2.39. The third-order valence-corrected chi connectivity index (χ3v) is 4.05. The number of amides is 1. The Kier molecular flexibility index (Phi) is 4.06. The van der Waals surface area contributed by atoms with Gasteiger partial charge in [0.2, 0.25) is 11.5 Å². The molecule has 0 aliphatic carbocycles. The van der Waals surface area contributed by atoms with Gasteiger partial charge >= 0.3 is 6.18 Å². The molecule has 1 aliphatic heterocycles. The normalized spacial score (nSPS) is 21.0. The molecular formula is C15H20F3NO3. The Balaban J connectivity index is 2.23. The van der Waals surface area contributed by atoms with E-state index in [1.807, 2.05) is 13.8 Å². The van der Waals surface area contributed by atoms with Crippen LogP contribution in [0.3, 0.4) is 0 Å². The van der Waals surface area contributed by atoms with Gasteiger partial charge in [0, 0.05) is 13.1 Å². The summed E-state index contributed by atoms with van der Waals surface area (Å²) in [7, 11) is 0. The molecule has 1 aromatic rings. The summed E-state index contributed by atoms with van der Waals surface area (Å²) in [6.07, 6.45) is -5.34. The van der Waals surface area contributed by atoms with Crippen molar-refractivity contribution >= 4 is 5.91 Å². The summed E-state index contributed by atoms with van der Waals surface area (Å²) in [5, 5.41) is 10.1. The molecule has 2 heterocycles. The summed E-state index contributed by atoms with van der Waals surface area (Å²) in [5.41, 5.74) is -3.42. The fourth-order valence-corrected chi connectivity index (χ4v) is 2.64. The Morgan fingerprint density at radius 2 is 2.05 bits per heavy atom. The number of rotatable bonds is 3. The van der Waals surface area contributed by atoms with Crippen LogP contribution in [0.4, 0.5) is 13.2 Å². The maximum absolute atomic E-state index is 13.3. The second-order valence-electron chi connectivity index (χ2n) is 6.67. The van der Waals surface area contributed by atoms with Crippen molar-refractivity contribution in [3.05, 3.63) is 23.7 Å². The van der Waals surface area contributed by atoms with Gasteiger partial charge < -0.3 is 14.4 Å². The van der Waals surface area contributed by atoms with Crippen molar-refractivity contribution in [2.45, 2.75) is 45.4 Å². The quantitative estimate of drug-likeness (QED) is 0.932. The maximum Gasteiger partial charge on any atom is 0.425 e. The molecule has 1 fully saturated rings. The predicted octanol–water partition coefficient (Wildman–Crippen LogP) is 2.99. The highest BCUT2D eigenvalue weighted by Gasteiger charge is 2.59. The van der Waals surface area contributed by atoms with E-state index in [4.69, 9.17) is 4.42 Å². The number of carbonyl (C=O) groups is 1. The standard InChI is InChI=1S/C15H20F3NO3/c1-10-4-5-11(22-10)14(21,15(16,17)18)8-12(20)19-7-6-13(2,3)9-19/h4-5,21H,6-9H2,1-3H3. The Bertz CT molecular complexity index is 565. The molecule has 0 bridgehead atoms. The van der Waals surface area contributed by atoms with Crippen LogP contribution in [-0.2, 0) is 10.4 Å². The summed E-state index contributed by atoms with van der Waals surface area (Å²) >= 11 is 0. The number of nitrogens with zero attached hydrogens (tertiary/aromatic N) is 1. The molecule has 4 nitrogen and oxygen atoms in total. The number of likely N-dealkylation sites (tertiary alicyclic amines) is 1. The second kappa shape index (κ2) is 5.30. The van der Waals surface area contributed by atoms with E-state index in [0.717, 1.165) is 12.5 Å². The summed E-state index contributed by atoms with van der Waals surface area (Å²) in [5.74, 6) is -1.13. The van der Waals surface area contributed by atoms with E-state index in [1.165, 1.54) is 17.9 Å². The average molecular weight is 319 g/mol. The van der Waals surface area contributed by atoms with E-state index in [1.54, 1.807) is 0 Å². The Hall–Kier alpha value is -1.50. The molecule has 0 radical (unpaired) electrons. The van der Waals surface area contributed by atoms with Crippen LogP contribution < -0.4 is 0 Å². The van der Waals surface area contributed by atoms with Gasteiger partial charge in [0.25, 0.3) is 0 Å². The van der Waals surface area contributed by atoms with Crippen LogP contribution >= 0.6 is 0 Å². The van der Waals surface area contributed by atoms with Crippen molar-refractivity contribution in [2.24, 2.45) is 5.41 Å². The first kappa shape index (κ1) is 16.9. The highest BCUT2D eigenvalue weighted by molar-refractivity contribution is 5.78. The molecular weight excluding hydrogens is 299 g/mol. The van der Waals surface area contributed by atoms with E-state index in [-0.39, 0.29) is 11.2 Å².